The van der Waals surface area contributed by atoms with Crippen molar-refractivity contribution in [2.24, 2.45) is 9.98 Å². The van der Waals surface area contributed by atoms with Gasteiger partial charge in [-0.2, -0.15) is 0 Å². The molecule has 0 amide bonds. The van der Waals surface area contributed by atoms with Crippen LogP contribution in [0.4, 0.5) is 5.69 Å². The molecule has 0 aromatic heterocycles. The van der Waals surface area contributed by atoms with Gasteiger partial charge in [-0.25, -0.2) is 9.98 Å². The third kappa shape index (κ3) is 9.93. The number of hydrogen-bond donors (Lipinski definition) is 2. The molecule has 41 heavy (non-hydrogen) atoms. The fourth-order valence-corrected chi connectivity index (χ4v) is 5.64. The number of nitrogens with zero attached hydrogens (tertiary/aromatic N) is 4. The molecule has 0 saturated carbocycles. The molecule has 0 atom stereocenters. The number of nitrogens with one attached hydrogen (secondary N) is 2. The number of halogens is 2. The number of hydrogen-bond acceptors (Lipinski definition) is 10. The maximum atomic E-state index is 5.91. The minimum Gasteiger partial charge on any atom is -0.493 e. The van der Waals surface area contributed by atoms with Crippen molar-refractivity contribution < 1.29 is 9.47 Å². The second-order valence-corrected chi connectivity index (χ2v) is 11.9. The number of aliphatic imine (C=N–C) groups is 2. The zero-order valence-corrected chi connectivity index (χ0v) is 26.4. The molecule has 2 heterocycles. The monoisotopic (exact) mass is 632 g/mol. The molecule has 0 radical (unpaired) electrons. The van der Waals surface area contributed by atoms with Crippen LogP contribution in [0, 0.1) is 0 Å². The highest BCUT2D eigenvalue weighted by atomic mass is 35.5. The minimum atomic E-state index is 0.603. The van der Waals surface area contributed by atoms with Crippen LogP contribution in [-0.2, 0) is 11.5 Å². The molecule has 0 fully saturated rings. The van der Waals surface area contributed by atoms with Gasteiger partial charge in [0.25, 0.3) is 0 Å². The van der Waals surface area contributed by atoms with Gasteiger partial charge < -0.3 is 25.0 Å². The molecule has 3 aromatic carbocycles. The maximum absolute atomic E-state index is 5.91. The van der Waals surface area contributed by atoms with Crippen LogP contribution in [0.1, 0.15) is 11.1 Å². The number of ether oxygens (including phenoxy) is 2. The van der Waals surface area contributed by atoms with Gasteiger partial charge in [0.15, 0.2) is 21.8 Å². The first kappa shape index (κ1) is 31.2. The first-order valence-corrected chi connectivity index (χ1v) is 15.6. The summed E-state index contributed by atoms with van der Waals surface area (Å²) in [7, 11) is 5.31. The normalized spacial score (nSPS) is 15.0. The van der Waals surface area contributed by atoms with Gasteiger partial charge in [-0.1, -0.05) is 71.0 Å². The number of thioether (sulfide) groups is 2. The van der Waals surface area contributed by atoms with Crippen molar-refractivity contribution in [3.8, 4) is 11.5 Å². The number of rotatable bonds is 7. The molecule has 8 nitrogen and oxygen atoms in total. The molecule has 0 aliphatic carbocycles. The second-order valence-electron chi connectivity index (χ2n) is 9.14. The Morgan fingerprint density at radius 1 is 0.732 bits per heavy atom. The van der Waals surface area contributed by atoms with Gasteiger partial charge in [0, 0.05) is 33.3 Å². The van der Waals surface area contributed by atoms with E-state index < -0.39 is 0 Å². The average molecular weight is 634 g/mol. The molecular weight excluding hydrogens is 599 g/mol. The van der Waals surface area contributed by atoms with Crippen LogP contribution in [0.5, 0.6) is 11.5 Å². The van der Waals surface area contributed by atoms with Crippen molar-refractivity contribution in [1.82, 2.24) is 15.5 Å². The highest BCUT2D eigenvalue weighted by molar-refractivity contribution is 8.13. The molecular formula is C29H34Cl2N6O2S2. The Labute approximate surface area is 260 Å². The van der Waals surface area contributed by atoms with Crippen molar-refractivity contribution in [3.63, 3.8) is 0 Å². The zero-order valence-electron chi connectivity index (χ0n) is 23.3. The number of anilines is 1. The summed E-state index contributed by atoms with van der Waals surface area (Å²) in [6, 6.07) is 21.7. The lowest BCUT2D eigenvalue weighted by Crippen LogP contribution is -2.41. The Morgan fingerprint density at radius 3 is 1.73 bits per heavy atom. The maximum Gasteiger partial charge on any atom is 0.162 e. The van der Waals surface area contributed by atoms with E-state index in [-0.39, 0.29) is 0 Å². The van der Waals surface area contributed by atoms with Crippen LogP contribution in [-0.4, -0.2) is 63.2 Å². The van der Waals surface area contributed by atoms with Crippen LogP contribution >= 0.6 is 46.7 Å². The van der Waals surface area contributed by atoms with Gasteiger partial charge in [-0.15, -0.1) is 0 Å². The number of benzene rings is 3. The molecule has 2 aliphatic heterocycles. The summed E-state index contributed by atoms with van der Waals surface area (Å²) in [5, 5.41) is 10.1. The summed E-state index contributed by atoms with van der Waals surface area (Å²) in [6.07, 6.45) is 0. The highest BCUT2D eigenvalue weighted by Crippen LogP contribution is 2.32. The fraction of sp³-hybridized carbons (Fsp3) is 0.310. The van der Waals surface area contributed by atoms with Crippen LogP contribution < -0.4 is 25.0 Å². The van der Waals surface area contributed by atoms with Gasteiger partial charge in [0.2, 0.25) is 0 Å². The smallest absolute Gasteiger partial charge is 0.162 e. The molecule has 218 valence electrons. The SMILES string of the molecule is CN1CN=C(SCc2ccc(Cl)cc2)NC1.COc1ccc(N2CN=C(SCc3ccc(Cl)cc3)NC2)cc1OC. The summed E-state index contributed by atoms with van der Waals surface area (Å²) >= 11 is 15.2. The molecule has 2 N–H and O–H groups in total. The molecule has 0 unspecified atom stereocenters. The van der Waals surface area contributed by atoms with Gasteiger partial charge in [-0.3, -0.25) is 4.90 Å². The summed E-state index contributed by atoms with van der Waals surface area (Å²) < 4.78 is 10.6. The Balaban J connectivity index is 0.000000208. The minimum absolute atomic E-state index is 0.603. The van der Waals surface area contributed by atoms with E-state index in [0.717, 1.165) is 56.7 Å². The fourth-order valence-electron chi connectivity index (χ4n) is 3.76. The molecule has 3 aromatic rings. The van der Waals surface area contributed by atoms with E-state index in [4.69, 9.17) is 32.7 Å². The third-order valence-electron chi connectivity index (χ3n) is 6.07. The lowest BCUT2D eigenvalue weighted by atomic mass is 10.2. The third-order valence-corrected chi connectivity index (χ3v) is 8.63. The topological polar surface area (TPSA) is 73.7 Å². The standard InChI is InChI=1S/C18H20ClN3O2S.C11H14ClN3S/c1-23-16-8-7-15(9-17(16)24-2)22-11-20-18(21-12-22)25-10-13-3-5-14(19)6-4-13;1-15-7-13-11(14-8-15)16-6-9-2-4-10(12)5-3-9/h3-9H,10-12H2,1-2H3,(H,20,21);2-5H,6-8H2,1H3,(H,13,14). The van der Waals surface area contributed by atoms with Crippen LogP contribution in [0.25, 0.3) is 0 Å². The predicted octanol–water partition coefficient (Wildman–Crippen LogP) is 6.35. The van der Waals surface area contributed by atoms with E-state index in [9.17, 15) is 0 Å². The molecule has 12 heteroatoms. The summed E-state index contributed by atoms with van der Waals surface area (Å²) in [6.45, 7) is 2.94. The van der Waals surface area contributed by atoms with Crippen molar-refractivity contribution >= 4 is 62.7 Å². The first-order valence-electron chi connectivity index (χ1n) is 12.9. The highest BCUT2D eigenvalue weighted by Gasteiger charge is 2.15. The summed E-state index contributed by atoms with van der Waals surface area (Å²) in [5.41, 5.74) is 3.52. The Hall–Kier alpha value is -2.76. The van der Waals surface area contributed by atoms with E-state index in [1.54, 1.807) is 37.7 Å². The van der Waals surface area contributed by atoms with Crippen molar-refractivity contribution in [2.75, 3.05) is 52.8 Å². The summed E-state index contributed by atoms with van der Waals surface area (Å²) in [5.74, 6) is 3.22. The van der Waals surface area contributed by atoms with Crippen LogP contribution in [0.3, 0.4) is 0 Å². The van der Waals surface area contributed by atoms with E-state index in [2.05, 4.69) is 30.4 Å². The molecule has 2 aliphatic rings. The lowest BCUT2D eigenvalue weighted by molar-refractivity contribution is 0.326. The van der Waals surface area contributed by atoms with Gasteiger partial charge >= 0.3 is 0 Å². The van der Waals surface area contributed by atoms with Gasteiger partial charge in [-0.05, 0) is 54.6 Å². The largest absolute Gasteiger partial charge is 0.493 e. The lowest BCUT2D eigenvalue weighted by Gasteiger charge is -2.28. The number of amidine groups is 2. The van der Waals surface area contributed by atoms with E-state index in [1.165, 1.54) is 11.1 Å². The molecule has 0 saturated heterocycles. The predicted molar refractivity (Wildman–Crippen MR) is 176 cm³/mol. The van der Waals surface area contributed by atoms with Crippen molar-refractivity contribution in [3.05, 3.63) is 87.9 Å². The molecule has 5 rings (SSSR count). The van der Waals surface area contributed by atoms with Crippen molar-refractivity contribution in [2.45, 2.75) is 11.5 Å². The van der Waals surface area contributed by atoms with E-state index in [1.807, 2.05) is 73.8 Å². The zero-order chi connectivity index (χ0) is 29.0. The molecule has 0 spiro atoms. The van der Waals surface area contributed by atoms with E-state index in [0.29, 0.717) is 19.1 Å². The Bertz CT molecular complexity index is 1330. The van der Waals surface area contributed by atoms with Crippen molar-refractivity contribution in [1.29, 1.82) is 0 Å². The second kappa shape index (κ2) is 16.0. The van der Waals surface area contributed by atoms with E-state index >= 15 is 0 Å². The van der Waals surface area contributed by atoms with Crippen LogP contribution in [0.2, 0.25) is 10.0 Å². The quantitative estimate of drug-likeness (QED) is 0.312. The van der Waals surface area contributed by atoms with Gasteiger partial charge in [0.05, 0.1) is 34.2 Å². The average Bonchev–Trinajstić information content (AvgIpc) is 3.01. The molecule has 0 bridgehead atoms. The Kier molecular flexibility index (Phi) is 12.2. The van der Waals surface area contributed by atoms with Gasteiger partial charge in [0.1, 0.15) is 6.67 Å². The first-order chi connectivity index (χ1) is 19.9. The summed E-state index contributed by atoms with van der Waals surface area (Å²) in [4.78, 5) is 13.3. The number of methoxy groups -OCH3 is 2. The Morgan fingerprint density at radius 2 is 1.27 bits per heavy atom. The van der Waals surface area contributed by atoms with Crippen LogP contribution in [0.15, 0.2) is 76.7 Å².